The third-order valence-corrected chi connectivity index (χ3v) is 6.71. The normalized spacial score (nSPS) is 10.7. The van der Waals surface area contributed by atoms with Crippen LogP contribution in [-0.4, -0.2) is 48.5 Å². The van der Waals surface area contributed by atoms with E-state index in [1.165, 1.54) is 9.78 Å². The molecule has 0 aliphatic rings. The average molecular weight is 500 g/mol. The highest BCUT2D eigenvalue weighted by atomic mass is 35.5. The summed E-state index contributed by atoms with van der Waals surface area (Å²) in [5.74, 6) is -0.136. The Morgan fingerprint density at radius 3 is 2.41 bits per heavy atom. The van der Waals surface area contributed by atoms with Gasteiger partial charge in [-0.05, 0) is 49.2 Å². The van der Waals surface area contributed by atoms with Crippen LogP contribution >= 0.6 is 22.9 Å². The molecule has 1 aromatic heterocycles. The van der Waals surface area contributed by atoms with Crippen LogP contribution in [0.5, 0.6) is 0 Å². The van der Waals surface area contributed by atoms with Crippen LogP contribution in [0.15, 0.2) is 60.7 Å². The van der Waals surface area contributed by atoms with Gasteiger partial charge in [-0.1, -0.05) is 48.0 Å². The highest BCUT2D eigenvalue weighted by Crippen LogP contribution is 2.21. The van der Waals surface area contributed by atoms with Crippen LogP contribution in [-0.2, 0) is 22.6 Å². The lowest BCUT2D eigenvalue weighted by Gasteiger charge is -2.27. The molecule has 1 heterocycles. The van der Waals surface area contributed by atoms with Gasteiger partial charge in [0.1, 0.15) is 6.54 Å². The maximum atomic E-state index is 13.4. The molecule has 180 valence electrons. The number of ether oxygens (including phenoxy) is 1. The van der Waals surface area contributed by atoms with Crippen molar-refractivity contribution < 1.29 is 14.3 Å². The molecule has 0 saturated heterocycles. The second-order valence-corrected chi connectivity index (χ2v) is 9.84. The van der Waals surface area contributed by atoms with Crippen molar-refractivity contribution in [3.05, 3.63) is 86.6 Å². The number of carbonyl (C=O) groups excluding carboxylic acids is 2. The predicted molar refractivity (Wildman–Crippen MR) is 138 cm³/mol. The highest BCUT2D eigenvalue weighted by molar-refractivity contribution is 7.11. The molecule has 0 aliphatic carbocycles. The van der Waals surface area contributed by atoms with Crippen LogP contribution in [0, 0.1) is 13.8 Å². The number of hydrogen-bond acceptors (Lipinski definition) is 4. The van der Waals surface area contributed by atoms with Crippen LogP contribution < -0.4 is 5.32 Å². The number of anilines is 1. The summed E-state index contributed by atoms with van der Waals surface area (Å²) in [6.07, 6.45) is 0. The molecule has 1 N–H and O–H groups in total. The number of hydrogen-bond donors (Lipinski definition) is 1. The maximum absolute atomic E-state index is 13.4. The first-order valence-electron chi connectivity index (χ1n) is 11.0. The molecule has 6 nitrogen and oxygen atoms in total. The Labute approximate surface area is 210 Å². The van der Waals surface area contributed by atoms with Gasteiger partial charge in [0.15, 0.2) is 0 Å². The molecule has 0 saturated carbocycles. The fraction of sp³-hybridized carbons (Fsp3) is 0.308. The number of amides is 3. The van der Waals surface area contributed by atoms with Gasteiger partial charge < -0.3 is 19.9 Å². The minimum Gasteiger partial charge on any atom is -0.383 e. The average Bonchev–Trinajstić information content (AvgIpc) is 3.23. The molecule has 0 atom stereocenters. The van der Waals surface area contributed by atoms with E-state index in [0.29, 0.717) is 30.4 Å². The first-order valence-corrected chi connectivity index (χ1v) is 12.2. The van der Waals surface area contributed by atoms with E-state index in [9.17, 15) is 9.59 Å². The number of rotatable bonds is 10. The summed E-state index contributed by atoms with van der Waals surface area (Å²) in [6, 6.07) is 18.9. The summed E-state index contributed by atoms with van der Waals surface area (Å²) in [4.78, 5) is 32.0. The van der Waals surface area contributed by atoms with Gasteiger partial charge in [-0.2, -0.15) is 0 Å². The van der Waals surface area contributed by atoms with E-state index in [4.69, 9.17) is 16.3 Å². The molecule has 2 aromatic carbocycles. The third-order valence-electron chi connectivity index (χ3n) is 5.31. The summed E-state index contributed by atoms with van der Waals surface area (Å²) in [5.41, 5.74) is 2.53. The zero-order valence-electron chi connectivity index (χ0n) is 19.7. The molecule has 3 amide bonds. The van der Waals surface area contributed by atoms with Crippen molar-refractivity contribution in [2.75, 3.05) is 32.1 Å². The Balaban J connectivity index is 1.75. The minimum absolute atomic E-state index is 0.0635. The Bertz CT molecular complexity index is 1100. The Morgan fingerprint density at radius 2 is 1.76 bits per heavy atom. The number of thiophene rings is 1. The lowest BCUT2D eigenvalue weighted by atomic mass is 10.2. The number of nitrogens with one attached hydrogen (secondary N) is 1. The molecule has 3 aromatic rings. The zero-order valence-corrected chi connectivity index (χ0v) is 21.3. The summed E-state index contributed by atoms with van der Waals surface area (Å²) < 4.78 is 5.18. The first kappa shape index (κ1) is 25.7. The quantitative estimate of drug-likeness (QED) is 0.387. The molecule has 0 radical (unpaired) electrons. The predicted octanol–water partition coefficient (Wildman–Crippen LogP) is 5.73. The molecule has 0 aliphatic heterocycles. The summed E-state index contributed by atoms with van der Waals surface area (Å²) >= 11 is 7.87. The molecule has 0 unspecified atom stereocenters. The molecular weight excluding hydrogens is 470 g/mol. The number of aryl methyl sites for hydroxylation is 2. The SMILES string of the molecule is COCCN(CC(=O)N(Cc1ccccc1)Cc1ccc(C)s1)C(=O)Nc1ccc(C)c(Cl)c1. The summed E-state index contributed by atoms with van der Waals surface area (Å²) in [5, 5.41) is 3.41. The van der Waals surface area contributed by atoms with Crippen LogP contribution in [0.3, 0.4) is 0 Å². The van der Waals surface area contributed by atoms with E-state index in [-0.39, 0.29) is 25.0 Å². The summed E-state index contributed by atoms with van der Waals surface area (Å²) in [7, 11) is 1.57. The minimum atomic E-state index is -0.378. The van der Waals surface area contributed by atoms with E-state index in [2.05, 4.69) is 11.4 Å². The Kier molecular flexibility index (Phi) is 9.51. The van der Waals surface area contributed by atoms with Gasteiger partial charge in [0, 0.05) is 40.7 Å². The standard InChI is InChI=1S/C26H30ClN3O3S/c1-19-9-11-22(15-24(19)27)28-26(32)29(13-14-33-3)18-25(31)30(16-21-7-5-4-6-8-21)17-23-12-10-20(2)34-23/h4-12,15H,13-14,16-18H2,1-3H3,(H,28,32). The Morgan fingerprint density at radius 1 is 1.00 bits per heavy atom. The number of urea groups is 1. The monoisotopic (exact) mass is 499 g/mol. The van der Waals surface area contributed by atoms with Crippen molar-refractivity contribution in [1.82, 2.24) is 9.80 Å². The van der Waals surface area contributed by atoms with Crippen molar-refractivity contribution in [3.8, 4) is 0 Å². The van der Waals surface area contributed by atoms with Crippen molar-refractivity contribution in [2.24, 2.45) is 0 Å². The second kappa shape index (κ2) is 12.6. The van der Waals surface area contributed by atoms with Gasteiger partial charge >= 0.3 is 6.03 Å². The van der Waals surface area contributed by atoms with Gasteiger partial charge in [-0.15, -0.1) is 11.3 Å². The molecule has 3 rings (SSSR count). The molecule has 8 heteroatoms. The number of carbonyl (C=O) groups is 2. The van der Waals surface area contributed by atoms with Crippen LogP contribution in [0.1, 0.15) is 20.9 Å². The smallest absolute Gasteiger partial charge is 0.322 e. The number of benzene rings is 2. The van der Waals surface area contributed by atoms with Gasteiger partial charge in [-0.25, -0.2) is 4.79 Å². The lowest BCUT2D eigenvalue weighted by Crippen LogP contribution is -2.45. The molecular formula is C26H30ClN3O3S. The van der Waals surface area contributed by atoms with Crippen LogP contribution in [0.4, 0.5) is 10.5 Å². The number of nitrogens with zero attached hydrogens (tertiary/aromatic N) is 2. The molecule has 0 spiro atoms. The zero-order chi connectivity index (χ0) is 24.5. The Hall–Kier alpha value is -2.87. The molecule has 0 bridgehead atoms. The molecule has 0 fully saturated rings. The maximum Gasteiger partial charge on any atom is 0.322 e. The van der Waals surface area contributed by atoms with Gasteiger partial charge in [0.2, 0.25) is 5.91 Å². The van der Waals surface area contributed by atoms with E-state index < -0.39 is 0 Å². The van der Waals surface area contributed by atoms with Crippen molar-refractivity contribution in [1.29, 1.82) is 0 Å². The summed E-state index contributed by atoms with van der Waals surface area (Å²) in [6.45, 7) is 5.43. The largest absolute Gasteiger partial charge is 0.383 e. The topological polar surface area (TPSA) is 61.9 Å². The lowest BCUT2D eigenvalue weighted by molar-refractivity contribution is -0.133. The second-order valence-electron chi connectivity index (χ2n) is 8.06. The fourth-order valence-electron chi connectivity index (χ4n) is 3.38. The third kappa shape index (κ3) is 7.58. The number of methoxy groups -OCH3 is 1. The molecule has 34 heavy (non-hydrogen) atoms. The van der Waals surface area contributed by atoms with E-state index in [1.54, 1.807) is 35.5 Å². The fourth-order valence-corrected chi connectivity index (χ4v) is 4.47. The van der Waals surface area contributed by atoms with E-state index >= 15 is 0 Å². The van der Waals surface area contributed by atoms with Crippen LogP contribution in [0.2, 0.25) is 5.02 Å². The van der Waals surface area contributed by atoms with Crippen LogP contribution in [0.25, 0.3) is 0 Å². The van der Waals surface area contributed by atoms with E-state index in [0.717, 1.165) is 16.0 Å². The van der Waals surface area contributed by atoms with E-state index in [1.807, 2.05) is 56.3 Å². The highest BCUT2D eigenvalue weighted by Gasteiger charge is 2.22. The van der Waals surface area contributed by atoms with Gasteiger partial charge in [0.25, 0.3) is 0 Å². The number of halogens is 1. The van der Waals surface area contributed by atoms with Crippen molar-refractivity contribution in [2.45, 2.75) is 26.9 Å². The first-order chi connectivity index (χ1) is 16.4. The van der Waals surface area contributed by atoms with Gasteiger partial charge in [-0.3, -0.25) is 4.79 Å². The van der Waals surface area contributed by atoms with Gasteiger partial charge in [0.05, 0.1) is 13.2 Å². The van der Waals surface area contributed by atoms with Crippen molar-refractivity contribution >= 4 is 40.6 Å². The van der Waals surface area contributed by atoms with Crippen molar-refractivity contribution in [3.63, 3.8) is 0 Å².